The molecular weight excluding hydrogens is 134 g/mol. The third kappa shape index (κ3) is 1.42. The van der Waals surface area contributed by atoms with E-state index >= 15 is 0 Å². The fraction of sp³-hybridized carbons (Fsp3) is 0.500. The standard InChI is InChI=1S/C10H13N/c1-2-10-6-5-9(7-11-10)8-3-4-8/h5-8H,2-4H2,1H3. The number of hydrogen-bond acceptors (Lipinski definition) is 1. The Bertz CT molecular complexity index is 234. The lowest BCUT2D eigenvalue weighted by molar-refractivity contribution is 1.00. The normalized spacial score (nSPS) is 16.8. The highest BCUT2D eigenvalue weighted by Crippen LogP contribution is 2.39. The lowest BCUT2D eigenvalue weighted by Gasteiger charge is -1.98. The highest BCUT2D eigenvalue weighted by molar-refractivity contribution is 5.21. The Kier molecular flexibility index (Phi) is 1.65. The van der Waals surface area contributed by atoms with Gasteiger partial charge in [-0.3, -0.25) is 4.98 Å². The van der Waals surface area contributed by atoms with Crippen LogP contribution in [-0.2, 0) is 6.42 Å². The fourth-order valence-corrected chi connectivity index (χ4v) is 1.30. The first kappa shape index (κ1) is 6.84. The molecule has 1 fully saturated rings. The number of rotatable bonds is 2. The summed E-state index contributed by atoms with van der Waals surface area (Å²) < 4.78 is 0. The van der Waals surface area contributed by atoms with Crippen molar-refractivity contribution in [3.8, 4) is 0 Å². The number of pyridine rings is 1. The van der Waals surface area contributed by atoms with Crippen molar-refractivity contribution in [2.45, 2.75) is 32.1 Å². The lowest BCUT2D eigenvalue weighted by atomic mass is 10.2. The summed E-state index contributed by atoms with van der Waals surface area (Å²) >= 11 is 0. The molecular formula is C10H13N. The van der Waals surface area contributed by atoms with Crippen LogP contribution in [0.3, 0.4) is 0 Å². The highest BCUT2D eigenvalue weighted by atomic mass is 14.7. The largest absolute Gasteiger partial charge is 0.261 e. The Morgan fingerprint density at radius 1 is 1.45 bits per heavy atom. The van der Waals surface area contributed by atoms with Gasteiger partial charge in [0.15, 0.2) is 0 Å². The number of hydrogen-bond donors (Lipinski definition) is 0. The van der Waals surface area contributed by atoms with Gasteiger partial charge in [0.2, 0.25) is 0 Å². The predicted molar refractivity (Wildman–Crippen MR) is 45.6 cm³/mol. The van der Waals surface area contributed by atoms with Crippen LogP contribution >= 0.6 is 0 Å². The third-order valence-corrected chi connectivity index (χ3v) is 2.26. The first-order valence-electron chi connectivity index (χ1n) is 4.35. The summed E-state index contributed by atoms with van der Waals surface area (Å²) in [6.07, 6.45) is 5.82. The highest BCUT2D eigenvalue weighted by Gasteiger charge is 2.23. The van der Waals surface area contributed by atoms with E-state index in [1.54, 1.807) is 0 Å². The molecule has 1 aliphatic carbocycles. The zero-order chi connectivity index (χ0) is 7.68. The van der Waals surface area contributed by atoms with E-state index in [1.807, 2.05) is 6.20 Å². The van der Waals surface area contributed by atoms with Gasteiger partial charge in [-0.2, -0.15) is 0 Å². The van der Waals surface area contributed by atoms with Crippen molar-refractivity contribution in [3.63, 3.8) is 0 Å². The van der Waals surface area contributed by atoms with Crippen molar-refractivity contribution < 1.29 is 0 Å². The third-order valence-electron chi connectivity index (χ3n) is 2.26. The van der Waals surface area contributed by atoms with Gasteiger partial charge in [-0.1, -0.05) is 13.0 Å². The summed E-state index contributed by atoms with van der Waals surface area (Å²) in [6, 6.07) is 4.37. The molecule has 1 aromatic heterocycles. The van der Waals surface area contributed by atoms with Gasteiger partial charge in [0.1, 0.15) is 0 Å². The molecule has 1 heterocycles. The van der Waals surface area contributed by atoms with E-state index in [0.717, 1.165) is 12.3 Å². The summed E-state index contributed by atoms with van der Waals surface area (Å²) in [5.41, 5.74) is 2.64. The molecule has 1 saturated carbocycles. The van der Waals surface area contributed by atoms with Crippen LogP contribution in [0, 0.1) is 0 Å². The second-order valence-corrected chi connectivity index (χ2v) is 3.21. The minimum atomic E-state index is 0.841. The summed E-state index contributed by atoms with van der Waals surface area (Å²) in [7, 11) is 0. The van der Waals surface area contributed by atoms with Crippen LogP contribution in [0.15, 0.2) is 18.3 Å². The van der Waals surface area contributed by atoms with Gasteiger partial charge in [-0.25, -0.2) is 0 Å². The maximum atomic E-state index is 4.36. The molecule has 0 aliphatic heterocycles. The van der Waals surface area contributed by atoms with Gasteiger partial charge < -0.3 is 0 Å². The predicted octanol–water partition coefficient (Wildman–Crippen LogP) is 2.52. The van der Waals surface area contributed by atoms with Crippen molar-refractivity contribution in [3.05, 3.63) is 29.6 Å². The van der Waals surface area contributed by atoms with Crippen molar-refractivity contribution in [2.24, 2.45) is 0 Å². The Morgan fingerprint density at radius 2 is 2.27 bits per heavy atom. The van der Waals surface area contributed by atoms with E-state index < -0.39 is 0 Å². The monoisotopic (exact) mass is 147 g/mol. The molecule has 0 amide bonds. The quantitative estimate of drug-likeness (QED) is 0.626. The molecule has 0 unspecified atom stereocenters. The summed E-state index contributed by atoms with van der Waals surface area (Å²) in [5, 5.41) is 0. The van der Waals surface area contributed by atoms with E-state index in [1.165, 1.54) is 24.1 Å². The average Bonchev–Trinajstić information content (AvgIpc) is 2.87. The SMILES string of the molecule is CCc1ccc(C2CC2)cn1. The maximum Gasteiger partial charge on any atom is 0.0401 e. The van der Waals surface area contributed by atoms with Crippen LogP contribution in [0.2, 0.25) is 0 Å². The molecule has 1 aliphatic rings. The summed E-state index contributed by atoms with van der Waals surface area (Å²) in [6.45, 7) is 2.14. The molecule has 0 N–H and O–H groups in total. The Balaban J connectivity index is 2.19. The molecule has 58 valence electrons. The van der Waals surface area contributed by atoms with Crippen molar-refractivity contribution in [1.82, 2.24) is 4.98 Å². The summed E-state index contributed by atoms with van der Waals surface area (Å²) in [4.78, 5) is 4.36. The van der Waals surface area contributed by atoms with E-state index in [-0.39, 0.29) is 0 Å². The zero-order valence-electron chi connectivity index (χ0n) is 6.88. The smallest absolute Gasteiger partial charge is 0.0401 e. The maximum absolute atomic E-state index is 4.36. The zero-order valence-corrected chi connectivity index (χ0v) is 6.88. The molecule has 0 bridgehead atoms. The van der Waals surface area contributed by atoms with Gasteiger partial charge in [-0.15, -0.1) is 0 Å². The average molecular weight is 147 g/mol. The number of aryl methyl sites for hydroxylation is 1. The van der Waals surface area contributed by atoms with Crippen LogP contribution in [0.1, 0.15) is 36.9 Å². The molecule has 0 radical (unpaired) electrons. The van der Waals surface area contributed by atoms with E-state index in [0.29, 0.717) is 0 Å². The van der Waals surface area contributed by atoms with E-state index in [4.69, 9.17) is 0 Å². The van der Waals surface area contributed by atoms with Gasteiger partial charge >= 0.3 is 0 Å². The number of aromatic nitrogens is 1. The van der Waals surface area contributed by atoms with Gasteiger partial charge in [0, 0.05) is 11.9 Å². The molecule has 2 rings (SSSR count). The minimum absolute atomic E-state index is 0.841. The first-order chi connectivity index (χ1) is 5.40. The van der Waals surface area contributed by atoms with E-state index in [9.17, 15) is 0 Å². The van der Waals surface area contributed by atoms with Crippen molar-refractivity contribution in [2.75, 3.05) is 0 Å². The van der Waals surface area contributed by atoms with Gasteiger partial charge in [-0.05, 0) is 36.8 Å². The molecule has 1 nitrogen and oxygen atoms in total. The molecule has 0 saturated heterocycles. The molecule has 0 spiro atoms. The van der Waals surface area contributed by atoms with Crippen LogP contribution in [0.4, 0.5) is 0 Å². The van der Waals surface area contributed by atoms with Crippen LogP contribution in [-0.4, -0.2) is 4.98 Å². The summed E-state index contributed by atoms with van der Waals surface area (Å²) in [5.74, 6) is 0.841. The second kappa shape index (κ2) is 2.65. The second-order valence-electron chi connectivity index (χ2n) is 3.21. The first-order valence-corrected chi connectivity index (χ1v) is 4.35. The van der Waals surface area contributed by atoms with Crippen molar-refractivity contribution >= 4 is 0 Å². The minimum Gasteiger partial charge on any atom is -0.261 e. The lowest BCUT2D eigenvalue weighted by Crippen LogP contribution is -1.87. The van der Waals surface area contributed by atoms with Crippen molar-refractivity contribution in [1.29, 1.82) is 0 Å². The Labute approximate surface area is 67.5 Å². The molecule has 0 aromatic carbocycles. The molecule has 1 aromatic rings. The van der Waals surface area contributed by atoms with Gasteiger partial charge in [0.05, 0.1) is 0 Å². The topological polar surface area (TPSA) is 12.9 Å². The fourth-order valence-electron chi connectivity index (χ4n) is 1.30. The Morgan fingerprint density at radius 3 is 2.73 bits per heavy atom. The Hall–Kier alpha value is -0.850. The molecule has 11 heavy (non-hydrogen) atoms. The van der Waals surface area contributed by atoms with Crippen LogP contribution in [0.5, 0.6) is 0 Å². The van der Waals surface area contributed by atoms with E-state index in [2.05, 4.69) is 24.0 Å². The van der Waals surface area contributed by atoms with Gasteiger partial charge in [0.25, 0.3) is 0 Å². The molecule has 0 atom stereocenters. The number of nitrogens with zero attached hydrogens (tertiary/aromatic N) is 1. The molecule has 1 heteroatoms. The van der Waals surface area contributed by atoms with Crippen LogP contribution < -0.4 is 0 Å². The van der Waals surface area contributed by atoms with Crippen LogP contribution in [0.25, 0.3) is 0 Å².